The van der Waals surface area contributed by atoms with E-state index >= 15 is 0 Å². The number of carbonyl (C=O) groups excluding carboxylic acids is 2. The number of rotatable bonds is 15. The van der Waals surface area contributed by atoms with Gasteiger partial charge in [0.05, 0.1) is 34.3 Å². The van der Waals surface area contributed by atoms with Gasteiger partial charge in [-0.15, -0.1) is 0 Å². The molecule has 14 heteroatoms. The zero-order valence-corrected chi connectivity index (χ0v) is 29.9. The fourth-order valence-corrected chi connectivity index (χ4v) is 6.99. The van der Waals surface area contributed by atoms with Crippen LogP contribution in [0.3, 0.4) is 0 Å². The molecule has 12 nitrogen and oxygen atoms in total. The second-order valence-electron chi connectivity index (χ2n) is 12.9. The molecule has 1 aromatic heterocycles. The molecule has 0 spiro atoms. The lowest BCUT2D eigenvalue weighted by molar-refractivity contribution is -0.181. The van der Waals surface area contributed by atoms with Gasteiger partial charge in [-0.2, -0.15) is 5.10 Å². The summed E-state index contributed by atoms with van der Waals surface area (Å²) in [5.41, 5.74) is -1.02. The first kappa shape index (κ1) is 38.5. The van der Waals surface area contributed by atoms with E-state index < -0.39 is 54.0 Å². The molecule has 274 valence electrons. The average molecular weight is 753 g/mol. The maximum absolute atomic E-state index is 13.2. The first-order chi connectivity index (χ1) is 24.8. The van der Waals surface area contributed by atoms with E-state index in [-0.39, 0.29) is 5.92 Å². The lowest BCUT2D eigenvalue weighted by Gasteiger charge is -2.42. The molecule has 5 rings (SSSR count). The van der Waals surface area contributed by atoms with Crippen LogP contribution in [-0.4, -0.2) is 79.1 Å². The van der Waals surface area contributed by atoms with Crippen LogP contribution in [0.2, 0.25) is 10.0 Å². The van der Waals surface area contributed by atoms with E-state index in [0.717, 1.165) is 11.3 Å². The predicted octanol–water partition coefficient (Wildman–Crippen LogP) is 6.17. The van der Waals surface area contributed by atoms with E-state index in [4.69, 9.17) is 37.8 Å². The van der Waals surface area contributed by atoms with E-state index in [0.29, 0.717) is 60.2 Å². The molecule has 1 aliphatic rings. The minimum Gasteiger partial charge on any atom is -0.481 e. The number of aliphatic carboxylic acids is 2. The number of hydrogen-bond donors (Lipinski definition) is 3. The Morgan fingerprint density at radius 1 is 0.904 bits per heavy atom. The quantitative estimate of drug-likeness (QED) is 0.119. The van der Waals surface area contributed by atoms with Gasteiger partial charge < -0.3 is 29.7 Å². The van der Waals surface area contributed by atoms with Crippen LogP contribution >= 0.6 is 23.2 Å². The minimum absolute atomic E-state index is 0.332. The van der Waals surface area contributed by atoms with Crippen molar-refractivity contribution in [3.05, 3.63) is 118 Å². The standard InChI is InChI=1S/C38H39Cl2N3O9/c1-25(44)51-35(32-14-18-41-43(32)28-10-6-3-7-11-28)29(26-12-13-30(39)31(40)22-26)15-19-42-20-16-38(17-21-42,27-8-4-2-5-9-27)52-34(47)24-37(50,36(48)49)23-33(45)46/h2-14,18,22,29,35,50H,15-17,19-21,23-24H2,1H3,(H,45,46)(H,48,49)/t29-,35-,37?/m0/s1. The summed E-state index contributed by atoms with van der Waals surface area (Å²) < 4.78 is 13.8. The molecule has 3 N–H and O–H groups in total. The summed E-state index contributed by atoms with van der Waals surface area (Å²) in [6.07, 6.45) is -0.129. The molecule has 0 aliphatic carbocycles. The minimum atomic E-state index is -2.82. The molecular formula is C38H39Cl2N3O9. The Morgan fingerprint density at radius 3 is 2.15 bits per heavy atom. The number of halogens is 2. The molecule has 1 unspecified atom stereocenters. The Balaban J connectivity index is 1.39. The Kier molecular flexibility index (Phi) is 12.4. The number of esters is 2. The van der Waals surface area contributed by atoms with Crippen molar-refractivity contribution in [1.82, 2.24) is 14.7 Å². The number of likely N-dealkylation sites (tertiary alicyclic amines) is 1. The number of carbonyl (C=O) groups is 4. The van der Waals surface area contributed by atoms with Crippen molar-refractivity contribution in [3.63, 3.8) is 0 Å². The van der Waals surface area contributed by atoms with Crippen LogP contribution in [0.5, 0.6) is 0 Å². The van der Waals surface area contributed by atoms with Crippen molar-refractivity contribution in [2.24, 2.45) is 0 Å². The number of para-hydroxylation sites is 1. The Hall–Kier alpha value is -4.75. The van der Waals surface area contributed by atoms with Crippen molar-refractivity contribution in [2.75, 3.05) is 19.6 Å². The molecule has 52 heavy (non-hydrogen) atoms. The van der Waals surface area contributed by atoms with Gasteiger partial charge in [0.15, 0.2) is 11.7 Å². The smallest absolute Gasteiger partial charge is 0.336 e. The zero-order chi connectivity index (χ0) is 37.5. The van der Waals surface area contributed by atoms with Crippen molar-refractivity contribution in [1.29, 1.82) is 0 Å². The normalized spacial score (nSPS) is 16.6. The summed E-state index contributed by atoms with van der Waals surface area (Å²) in [6.45, 7) is 2.83. The number of aliphatic hydroxyl groups is 1. The highest BCUT2D eigenvalue weighted by Gasteiger charge is 2.45. The summed E-state index contributed by atoms with van der Waals surface area (Å²) in [4.78, 5) is 51.0. The SMILES string of the molecule is CC(=O)O[C@H](c1ccnn1-c1ccccc1)[C@@H](CCN1CCC(OC(=O)CC(O)(CC(=O)O)C(=O)O)(c2ccccc2)CC1)c1ccc(Cl)c(Cl)c1. The zero-order valence-electron chi connectivity index (χ0n) is 28.4. The molecule has 1 aliphatic heterocycles. The first-order valence-corrected chi connectivity index (χ1v) is 17.4. The van der Waals surface area contributed by atoms with Crippen LogP contribution < -0.4 is 0 Å². The van der Waals surface area contributed by atoms with Gasteiger partial charge >= 0.3 is 23.9 Å². The molecule has 0 radical (unpaired) electrons. The number of benzene rings is 3. The van der Waals surface area contributed by atoms with Gasteiger partial charge in [0.25, 0.3) is 0 Å². The molecule has 3 aromatic carbocycles. The molecule has 0 bridgehead atoms. The van der Waals surface area contributed by atoms with E-state index in [1.165, 1.54) is 6.92 Å². The number of carboxylic acids is 2. The molecule has 4 aromatic rings. The van der Waals surface area contributed by atoms with Crippen LogP contribution in [-0.2, 0) is 34.3 Å². The van der Waals surface area contributed by atoms with Gasteiger partial charge in [0.1, 0.15) is 5.60 Å². The number of carboxylic acid groups (broad SMARTS) is 2. The van der Waals surface area contributed by atoms with E-state index in [9.17, 15) is 29.4 Å². The lowest BCUT2D eigenvalue weighted by atomic mass is 9.83. The molecular weight excluding hydrogens is 713 g/mol. The summed E-state index contributed by atoms with van der Waals surface area (Å²) in [7, 11) is 0. The molecule has 1 fully saturated rings. The fraction of sp³-hybridized carbons (Fsp3) is 0.342. The summed E-state index contributed by atoms with van der Waals surface area (Å²) in [5, 5.41) is 34.5. The number of hydrogen-bond acceptors (Lipinski definition) is 9. The van der Waals surface area contributed by atoms with Crippen LogP contribution in [0.1, 0.15) is 67.9 Å². The first-order valence-electron chi connectivity index (χ1n) is 16.7. The number of ether oxygens (including phenoxy) is 2. The van der Waals surface area contributed by atoms with Gasteiger partial charge in [-0.25, -0.2) is 9.48 Å². The maximum Gasteiger partial charge on any atom is 0.336 e. The van der Waals surface area contributed by atoms with Crippen molar-refractivity contribution in [3.8, 4) is 5.69 Å². The monoisotopic (exact) mass is 751 g/mol. The van der Waals surface area contributed by atoms with Crippen molar-refractivity contribution in [2.45, 2.75) is 62.3 Å². The lowest BCUT2D eigenvalue weighted by Crippen LogP contribution is -2.48. The highest BCUT2D eigenvalue weighted by atomic mass is 35.5. The fourth-order valence-electron chi connectivity index (χ4n) is 6.68. The van der Waals surface area contributed by atoms with Crippen LogP contribution in [0.15, 0.2) is 91.1 Å². The van der Waals surface area contributed by atoms with Crippen LogP contribution in [0.25, 0.3) is 5.69 Å². The topological polar surface area (TPSA) is 168 Å². The predicted molar refractivity (Wildman–Crippen MR) is 191 cm³/mol. The van der Waals surface area contributed by atoms with Gasteiger partial charge in [0.2, 0.25) is 0 Å². The number of aromatic nitrogens is 2. The molecule has 0 saturated carbocycles. The maximum atomic E-state index is 13.2. The van der Waals surface area contributed by atoms with Crippen LogP contribution in [0.4, 0.5) is 0 Å². The van der Waals surface area contributed by atoms with Gasteiger partial charge in [-0.05, 0) is 54.4 Å². The second kappa shape index (κ2) is 16.7. The Labute approximate surface area is 310 Å². The van der Waals surface area contributed by atoms with E-state index in [1.807, 2.05) is 60.7 Å². The summed E-state index contributed by atoms with van der Waals surface area (Å²) in [6, 6.07) is 25.7. The Bertz CT molecular complexity index is 1880. The largest absolute Gasteiger partial charge is 0.481 e. The van der Waals surface area contributed by atoms with Crippen LogP contribution in [0, 0.1) is 0 Å². The van der Waals surface area contributed by atoms with Gasteiger partial charge in [-0.1, -0.05) is 77.8 Å². The molecule has 2 heterocycles. The third kappa shape index (κ3) is 9.18. The van der Waals surface area contributed by atoms with E-state index in [1.54, 1.807) is 35.1 Å². The van der Waals surface area contributed by atoms with Crippen molar-refractivity contribution >= 4 is 47.1 Å². The number of nitrogens with zero attached hydrogens (tertiary/aromatic N) is 3. The molecule has 3 atom stereocenters. The van der Waals surface area contributed by atoms with Gasteiger partial charge in [-0.3, -0.25) is 14.4 Å². The highest BCUT2D eigenvalue weighted by Crippen LogP contribution is 2.42. The van der Waals surface area contributed by atoms with E-state index in [2.05, 4.69) is 10.00 Å². The van der Waals surface area contributed by atoms with Crippen molar-refractivity contribution < 1.29 is 44.0 Å². The average Bonchev–Trinajstić information content (AvgIpc) is 3.60. The summed E-state index contributed by atoms with van der Waals surface area (Å²) in [5.74, 6) is -5.28. The number of piperidine rings is 1. The third-order valence-electron chi connectivity index (χ3n) is 9.30. The summed E-state index contributed by atoms with van der Waals surface area (Å²) >= 11 is 12.8. The van der Waals surface area contributed by atoms with Gasteiger partial charge in [0, 0.05) is 45.0 Å². The highest BCUT2D eigenvalue weighted by molar-refractivity contribution is 6.42. The third-order valence-corrected chi connectivity index (χ3v) is 10.0. The Morgan fingerprint density at radius 2 is 1.56 bits per heavy atom. The molecule has 0 amide bonds. The second-order valence-corrected chi connectivity index (χ2v) is 13.7. The molecule has 1 saturated heterocycles.